The molecule has 0 amide bonds. The second-order valence-electron chi connectivity index (χ2n) is 6.41. The Bertz CT molecular complexity index is 612. The molecule has 1 aliphatic rings. The summed E-state index contributed by atoms with van der Waals surface area (Å²) in [5, 5.41) is 9.75. The standard InChI is InChI=1S/C20H25NO2/c1-16(22)18-11-12-21(13-18)14-19-9-5-6-10-20(19)23-15-17-7-3-2-4-8-17/h2-10,16,18,22H,11-15H2,1H3. The topological polar surface area (TPSA) is 32.7 Å². The summed E-state index contributed by atoms with van der Waals surface area (Å²) >= 11 is 0. The molecule has 1 aliphatic heterocycles. The number of nitrogens with zero attached hydrogens (tertiary/aromatic N) is 1. The van der Waals surface area contributed by atoms with Crippen molar-refractivity contribution in [2.75, 3.05) is 13.1 Å². The predicted molar refractivity (Wildman–Crippen MR) is 92.3 cm³/mol. The summed E-state index contributed by atoms with van der Waals surface area (Å²) < 4.78 is 6.03. The summed E-state index contributed by atoms with van der Waals surface area (Å²) in [6, 6.07) is 18.5. The summed E-state index contributed by atoms with van der Waals surface area (Å²) in [6.07, 6.45) is 0.856. The van der Waals surface area contributed by atoms with E-state index < -0.39 is 0 Å². The van der Waals surface area contributed by atoms with Crippen LogP contribution in [0, 0.1) is 5.92 Å². The van der Waals surface area contributed by atoms with Gasteiger partial charge in [-0.15, -0.1) is 0 Å². The number of benzene rings is 2. The molecule has 1 saturated heterocycles. The highest BCUT2D eigenvalue weighted by atomic mass is 16.5. The van der Waals surface area contributed by atoms with Crippen molar-refractivity contribution in [1.82, 2.24) is 4.90 Å². The van der Waals surface area contributed by atoms with Crippen LogP contribution in [0.2, 0.25) is 0 Å². The molecule has 1 heterocycles. The first-order chi connectivity index (χ1) is 11.2. The number of ether oxygens (including phenoxy) is 1. The third-order valence-electron chi connectivity index (χ3n) is 4.59. The second kappa shape index (κ2) is 7.62. The van der Waals surface area contributed by atoms with Gasteiger partial charge in [-0.25, -0.2) is 0 Å². The molecule has 2 unspecified atom stereocenters. The highest BCUT2D eigenvalue weighted by Crippen LogP contribution is 2.25. The second-order valence-corrected chi connectivity index (χ2v) is 6.41. The minimum atomic E-state index is -0.218. The van der Waals surface area contributed by atoms with Crippen molar-refractivity contribution < 1.29 is 9.84 Å². The Kier molecular flexibility index (Phi) is 5.31. The summed E-state index contributed by atoms with van der Waals surface area (Å²) in [4.78, 5) is 2.40. The molecule has 0 bridgehead atoms. The van der Waals surface area contributed by atoms with Crippen LogP contribution in [0.1, 0.15) is 24.5 Å². The SMILES string of the molecule is CC(O)C1CCN(Cc2ccccc2OCc2ccccc2)C1. The fourth-order valence-electron chi connectivity index (χ4n) is 3.15. The number of hydrogen-bond donors (Lipinski definition) is 1. The smallest absolute Gasteiger partial charge is 0.124 e. The third kappa shape index (κ3) is 4.34. The van der Waals surface area contributed by atoms with Gasteiger partial charge in [0.2, 0.25) is 0 Å². The van der Waals surface area contributed by atoms with Crippen LogP contribution in [-0.4, -0.2) is 29.2 Å². The Balaban J connectivity index is 1.62. The van der Waals surface area contributed by atoms with Crippen molar-refractivity contribution in [1.29, 1.82) is 0 Å². The van der Waals surface area contributed by atoms with Crippen LogP contribution in [-0.2, 0) is 13.2 Å². The Morgan fingerprint density at radius 2 is 1.87 bits per heavy atom. The zero-order valence-electron chi connectivity index (χ0n) is 13.7. The highest BCUT2D eigenvalue weighted by molar-refractivity contribution is 5.33. The Labute approximate surface area is 138 Å². The first-order valence-electron chi connectivity index (χ1n) is 8.37. The fraction of sp³-hybridized carbons (Fsp3) is 0.400. The number of para-hydroxylation sites is 1. The van der Waals surface area contributed by atoms with E-state index in [4.69, 9.17) is 4.74 Å². The van der Waals surface area contributed by atoms with Crippen LogP contribution < -0.4 is 4.74 Å². The Hall–Kier alpha value is -1.84. The molecule has 0 saturated carbocycles. The lowest BCUT2D eigenvalue weighted by Crippen LogP contribution is -2.24. The molecule has 3 rings (SSSR count). The van der Waals surface area contributed by atoms with Crippen LogP contribution in [0.5, 0.6) is 5.75 Å². The monoisotopic (exact) mass is 311 g/mol. The van der Waals surface area contributed by atoms with Crippen molar-refractivity contribution in [3.05, 3.63) is 65.7 Å². The summed E-state index contributed by atoms with van der Waals surface area (Å²) in [7, 11) is 0. The van der Waals surface area contributed by atoms with Gasteiger partial charge < -0.3 is 9.84 Å². The summed E-state index contributed by atoms with van der Waals surface area (Å²) in [5.74, 6) is 1.35. The van der Waals surface area contributed by atoms with E-state index in [9.17, 15) is 5.11 Å². The van der Waals surface area contributed by atoms with Gasteiger partial charge in [-0.05, 0) is 37.4 Å². The van der Waals surface area contributed by atoms with E-state index in [2.05, 4.69) is 29.2 Å². The van der Waals surface area contributed by atoms with Crippen molar-refractivity contribution in [2.45, 2.75) is 32.6 Å². The number of rotatable bonds is 6. The molecular weight excluding hydrogens is 286 g/mol. The van der Waals surface area contributed by atoms with Gasteiger partial charge in [-0.1, -0.05) is 48.5 Å². The summed E-state index contributed by atoms with van der Waals surface area (Å²) in [5.41, 5.74) is 2.40. The van der Waals surface area contributed by atoms with E-state index in [0.29, 0.717) is 12.5 Å². The van der Waals surface area contributed by atoms with Gasteiger partial charge >= 0.3 is 0 Å². The zero-order chi connectivity index (χ0) is 16.1. The molecule has 0 aliphatic carbocycles. The molecule has 2 atom stereocenters. The van der Waals surface area contributed by atoms with Gasteiger partial charge in [0.05, 0.1) is 6.10 Å². The fourth-order valence-corrected chi connectivity index (χ4v) is 3.15. The minimum Gasteiger partial charge on any atom is -0.489 e. The van der Waals surface area contributed by atoms with Gasteiger partial charge in [-0.2, -0.15) is 0 Å². The minimum absolute atomic E-state index is 0.218. The van der Waals surface area contributed by atoms with E-state index in [-0.39, 0.29) is 6.10 Å². The maximum absolute atomic E-state index is 9.75. The molecule has 1 N–H and O–H groups in total. The molecule has 0 aromatic heterocycles. The first kappa shape index (κ1) is 16.0. The van der Waals surface area contributed by atoms with Crippen molar-refractivity contribution in [3.8, 4) is 5.75 Å². The molecule has 23 heavy (non-hydrogen) atoms. The molecule has 3 nitrogen and oxygen atoms in total. The lowest BCUT2D eigenvalue weighted by atomic mass is 10.0. The van der Waals surface area contributed by atoms with E-state index >= 15 is 0 Å². The third-order valence-corrected chi connectivity index (χ3v) is 4.59. The molecule has 2 aromatic carbocycles. The quantitative estimate of drug-likeness (QED) is 0.886. The van der Waals surface area contributed by atoms with Gasteiger partial charge in [0.1, 0.15) is 12.4 Å². The molecule has 0 spiro atoms. The van der Waals surface area contributed by atoms with Crippen LogP contribution in [0.25, 0.3) is 0 Å². The van der Waals surface area contributed by atoms with Crippen LogP contribution >= 0.6 is 0 Å². The van der Waals surface area contributed by atoms with E-state index in [1.54, 1.807) is 0 Å². The normalized spacial score (nSPS) is 19.7. The zero-order valence-corrected chi connectivity index (χ0v) is 13.7. The molecular formula is C20H25NO2. The maximum atomic E-state index is 9.75. The lowest BCUT2D eigenvalue weighted by Gasteiger charge is -2.19. The molecule has 3 heteroatoms. The number of aliphatic hydroxyl groups excluding tert-OH is 1. The molecule has 2 aromatic rings. The van der Waals surface area contributed by atoms with Crippen molar-refractivity contribution in [2.24, 2.45) is 5.92 Å². The van der Waals surface area contributed by atoms with Crippen LogP contribution in [0.15, 0.2) is 54.6 Å². The number of hydrogen-bond acceptors (Lipinski definition) is 3. The molecule has 0 radical (unpaired) electrons. The number of aliphatic hydroxyl groups is 1. The van der Waals surface area contributed by atoms with Crippen LogP contribution in [0.4, 0.5) is 0 Å². The van der Waals surface area contributed by atoms with Crippen molar-refractivity contribution >= 4 is 0 Å². The van der Waals surface area contributed by atoms with Gasteiger partial charge in [0, 0.05) is 18.7 Å². The van der Waals surface area contributed by atoms with Crippen LogP contribution in [0.3, 0.4) is 0 Å². The average Bonchev–Trinajstić information content (AvgIpc) is 3.04. The average molecular weight is 311 g/mol. The molecule has 1 fully saturated rings. The van der Waals surface area contributed by atoms with E-state index in [0.717, 1.165) is 31.8 Å². The molecule has 122 valence electrons. The Morgan fingerprint density at radius 3 is 2.61 bits per heavy atom. The van der Waals surface area contributed by atoms with E-state index in [1.165, 1.54) is 11.1 Å². The summed E-state index contributed by atoms with van der Waals surface area (Å²) in [6.45, 7) is 5.38. The predicted octanol–water partition coefficient (Wildman–Crippen LogP) is 3.47. The van der Waals surface area contributed by atoms with Gasteiger partial charge in [-0.3, -0.25) is 4.90 Å². The highest BCUT2D eigenvalue weighted by Gasteiger charge is 2.26. The maximum Gasteiger partial charge on any atom is 0.124 e. The Morgan fingerprint density at radius 1 is 1.13 bits per heavy atom. The van der Waals surface area contributed by atoms with E-state index in [1.807, 2.05) is 37.3 Å². The van der Waals surface area contributed by atoms with Gasteiger partial charge in [0.15, 0.2) is 0 Å². The lowest BCUT2D eigenvalue weighted by molar-refractivity contribution is 0.127. The van der Waals surface area contributed by atoms with Gasteiger partial charge in [0.25, 0.3) is 0 Å². The number of likely N-dealkylation sites (tertiary alicyclic amines) is 1. The largest absolute Gasteiger partial charge is 0.489 e. The first-order valence-corrected chi connectivity index (χ1v) is 8.37. The van der Waals surface area contributed by atoms with Crippen molar-refractivity contribution in [3.63, 3.8) is 0 Å².